The summed E-state index contributed by atoms with van der Waals surface area (Å²) in [5.74, 6) is 1.27. The minimum Gasteiger partial charge on any atom is -0.496 e. The highest BCUT2D eigenvalue weighted by atomic mass is 32.2. The van der Waals surface area contributed by atoms with Crippen LogP contribution in [-0.4, -0.2) is 45.9 Å². The number of halogens is 3. The Morgan fingerprint density at radius 3 is 2.46 bits per heavy atom. The number of para-hydroxylation sites is 1. The van der Waals surface area contributed by atoms with Crippen LogP contribution in [-0.2, 0) is 13.2 Å². The Kier molecular flexibility index (Phi) is 5.45. The van der Waals surface area contributed by atoms with Crippen molar-refractivity contribution >= 4 is 17.6 Å². The second kappa shape index (κ2) is 7.66. The van der Waals surface area contributed by atoms with Crippen molar-refractivity contribution in [3.8, 4) is 17.1 Å². The molecule has 0 saturated carbocycles. The Hall–Kier alpha value is -2.82. The molecule has 28 heavy (non-hydrogen) atoms. The summed E-state index contributed by atoms with van der Waals surface area (Å²) < 4.78 is 46.5. The summed E-state index contributed by atoms with van der Waals surface area (Å²) in [6.45, 7) is 0. The van der Waals surface area contributed by atoms with E-state index in [1.807, 2.05) is 18.2 Å². The summed E-state index contributed by atoms with van der Waals surface area (Å²) in [5, 5.41) is 8.50. The van der Waals surface area contributed by atoms with E-state index in [4.69, 9.17) is 4.74 Å². The average molecular weight is 410 g/mol. The lowest BCUT2D eigenvalue weighted by atomic mass is 10.2. The van der Waals surface area contributed by atoms with E-state index in [9.17, 15) is 13.2 Å². The van der Waals surface area contributed by atoms with E-state index in [2.05, 4.69) is 20.2 Å². The zero-order chi connectivity index (χ0) is 20.5. The molecule has 2 aromatic heterocycles. The van der Waals surface area contributed by atoms with Crippen LogP contribution in [0.15, 0.2) is 40.6 Å². The van der Waals surface area contributed by atoms with Crippen molar-refractivity contribution in [2.75, 3.05) is 26.1 Å². The molecule has 7 nitrogen and oxygen atoms in total. The largest absolute Gasteiger partial charge is 0.496 e. The molecular weight excluding hydrogens is 393 g/mol. The summed E-state index contributed by atoms with van der Waals surface area (Å²) in [6, 6.07) is 8.17. The number of hydrogen-bond acceptors (Lipinski definition) is 7. The molecule has 148 valence electrons. The normalized spacial score (nSPS) is 11.5. The summed E-state index contributed by atoms with van der Waals surface area (Å²) in [7, 11) is 6.48. The third kappa shape index (κ3) is 4.03. The first-order valence-corrected chi connectivity index (χ1v) is 8.86. The average Bonchev–Trinajstić information content (AvgIpc) is 3.01. The van der Waals surface area contributed by atoms with Crippen LogP contribution < -0.4 is 9.64 Å². The topological polar surface area (TPSA) is 69.0 Å². The van der Waals surface area contributed by atoms with Crippen molar-refractivity contribution < 1.29 is 17.9 Å². The van der Waals surface area contributed by atoms with Gasteiger partial charge in [0.05, 0.1) is 12.7 Å². The first-order valence-electron chi connectivity index (χ1n) is 8.05. The SMILES string of the molecule is COc1ccccc1-c1nnc(Sc2nc(N(C)C)cc(C(F)(F)F)n2)n1C. The lowest BCUT2D eigenvalue weighted by Crippen LogP contribution is -2.16. The van der Waals surface area contributed by atoms with E-state index in [0.29, 0.717) is 22.3 Å². The first kappa shape index (κ1) is 19.9. The Balaban J connectivity index is 1.99. The summed E-state index contributed by atoms with van der Waals surface area (Å²) in [6.07, 6.45) is -4.58. The minimum absolute atomic E-state index is 0.0689. The zero-order valence-electron chi connectivity index (χ0n) is 15.5. The number of alkyl halides is 3. The maximum atomic E-state index is 13.2. The zero-order valence-corrected chi connectivity index (χ0v) is 16.3. The van der Waals surface area contributed by atoms with E-state index in [0.717, 1.165) is 17.8 Å². The Labute approximate surface area is 163 Å². The fourth-order valence-electron chi connectivity index (χ4n) is 2.38. The molecule has 0 radical (unpaired) electrons. The van der Waals surface area contributed by atoms with Gasteiger partial charge in [0, 0.05) is 27.2 Å². The molecule has 0 unspecified atom stereocenters. The molecule has 0 N–H and O–H groups in total. The monoisotopic (exact) mass is 410 g/mol. The lowest BCUT2D eigenvalue weighted by Gasteiger charge is -2.15. The molecule has 2 heterocycles. The molecule has 11 heteroatoms. The van der Waals surface area contributed by atoms with Gasteiger partial charge in [-0.1, -0.05) is 12.1 Å². The van der Waals surface area contributed by atoms with Gasteiger partial charge in [0.2, 0.25) is 0 Å². The Bertz CT molecular complexity index is 989. The molecule has 1 aromatic carbocycles. The lowest BCUT2D eigenvalue weighted by molar-refractivity contribution is -0.141. The highest BCUT2D eigenvalue weighted by molar-refractivity contribution is 7.99. The predicted octanol–water partition coefficient (Wildman–Crippen LogP) is 3.52. The molecule has 0 bridgehead atoms. The van der Waals surface area contributed by atoms with Gasteiger partial charge in [0.15, 0.2) is 21.8 Å². The van der Waals surface area contributed by atoms with Gasteiger partial charge in [-0.05, 0) is 23.9 Å². The standard InChI is InChI=1S/C17H17F3N6OS/c1-25(2)13-9-12(17(18,19)20)21-15(22-13)28-16-24-23-14(26(16)3)10-7-5-6-8-11(10)27-4/h5-9H,1-4H3. The number of hydrogen-bond donors (Lipinski definition) is 0. The second-order valence-electron chi connectivity index (χ2n) is 5.95. The fraction of sp³-hybridized carbons (Fsp3) is 0.294. The van der Waals surface area contributed by atoms with Crippen molar-refractivity contribution in [2.45, 2.75) is 16.5 Å². The number of ether oxygens (including phenoxy) is 1. The van der Waals surface area contributed by atoms with Crippen LogP contribution in [0.3, 0.4) is 0 Å². The molecule has 0 fully saturated rings. The maximum Gasteiger partial charge on any atom is 0.433 e. The molecule has 0 saturated heterocycles. The van der Waals surface area contributed by atoms with Gasteiger partial charge in [-0.25, -0.2) is 9.97 Å². The molecule has 0 spiro atoms. The number of anilines is 1. The van der Waals surface area contributed by atoms with Crippen molar-refractivity contribution in [2.24, 2.45) is 7.05 Å². The predicted molar refractivity (Wildman–Crippen MR) is 98.5 cm³/mol. The number of benzene rings is 1. The third-order valence-electron chi connectivity index (χ3n) is 3.81. The van der Waals surface area contributed by atoms with Crippen LogP contribution >= 0.6 is 11.8 Å². The van der Waals surface area contributed by atoms with Crippen LogP contribution in [0.1, 0.15) is 5.69 Å². The first-order chi connectivity index (χ1) is 13.2. The van der Waals surface area contributed by atoms with Crippen LogP contribution in [0.4, 0.5) is 19.0 Å². The minimum atomic E-state index is -4.58. The quantitative estimate of drug-likeness (QED) is 0.596. The Morgan fingerprint density at radius 1 is 1.11 bits per heavy atom. The number of aromatic nitrogens is 5. The van der Waals surface area contributed by atoms with Crippen LogP contribution in [0.5, 0.6) is 5.75 Å². The molecule has 0 amide bonds. The smallest absolute Gasteiger partial charge is 0.433 e. The molecule has 0 aliphatic carbocycles. The van der Waals surface area contributed by atoms with Crippen LogP contribution in [0, 0.1) is 0 Å². The van der Waals surface area contributed by atoms with Gasteiger partial charge in [0.25, 0.3) is 0 Å². The molecule has 3 rings (SSSR count). The van der Waals surface area contributed by atoms with E-state index in [1.54, 1.807) is 38.9 Å². The van der Waals surface area contributed by atoms with Gasteiger partial charge >= 0.3 is 6.18 Å². The summed E-state index contributed by atoms with van der Waals surface area (Å²) >= 11 is 0.905. The van der Waals surface area contributed by atoms with Gasteiger partial charge in [-0.2, -0.15) is 13.2 Å². The molecule has 3 aromatic rings. The highest BCUT2D eigenvalue weighted by Gasteiger charge is 2.34. The molecular formula is C17H17F3N6OS. The second-order valence-corrected chi connectivity index (χ2v) is 6.89. The van der Waals surface area contributed by atoms with Gasteiger partial charge in [-0.15, -0.1) is 10.2 Å². The van der Waals surface area contributed by atoms with Crippen LogP contribution in [0.25, 0.3) is 11.4 Å². The summed E-state index contributed by atoms with van der Waals surface area (Å²) in [5.41, 5.74) is -0.299. The van der Waals surface area contributed by atoms with Gasteiger partial charge in [0.1, 0.15) is 11.6 Å². The van der Waals surface area contributed by atoms with Gasteiger partial charge < -0.3 is 14.2 Å². The van der Waals surface area contributed by atoms with E-state index < -0.39 is 11.9 Å². The number of methoxy groups -OCH3 is 1. The van der Waals surface area contributed by atoms with Crippen molar-refractivity contribution in [3.05, 3.63) is 36.0 Å². The third-order valence-corrected chi connectivity index (χ3v) is 4.71. The molecule has 0 aliphatic heterocycles. The van der Waals surface area contributed by atoms with Gasteiger partial charge in [-0.3, -0.25) is 0 Å². The van der Waals surface area contributed by atoms with Crippen molar-refractivity contribution in [1.29, 1.82) is 0 Å². The van der Waals surface area contributed by atoms with E-state index >= 15 is 0 Å². The number of nitrogens with zero attached hydrogens (tertiary/aromatic N) is 6. The van der Waals surface area contributed by atoms with E-state index in [1.165, 1.54) is 4.90 Å². The number of rotatable bonds is 5. The van der Waals surface area contributed by atoms with Crippen LogP contribution in [0.2, 0.25) is 0 Å². The highest BCUT2D eigenvalue weighted by Crippen LogP contribution is 2.34. The Morgan fingerprint density at radius 2 is 1.82 bits per heavy atom. The van der Waals surface area contributed by atoms with Crippen molar-refractivity contribution in [1.82, 2.24) is 24.7 Å². The molecule has 0 aliphatic rings. The van der Waals surface area contributed by atoms with Crippen molar-refractivity contribution in [3.63, 3.8) is 0 Å². The van der Waals surface area contributed by atoms with E-state index in [-0.39, 0.29) is 11.0 Å². The molecule has 0 atom stereocenters. The fourth-order valence-corrected chi connectivity index (χ4v) is 3.13. The maximum absolute atomic E-state index is 13.2. The summed E-state index contributed by atoms with van der Waals surface area (Å²) in [4.78, 5) is 9.29.